The zero-order valence-corrected chi connectivity index (χ0v) is 64.4. The van der Waals surface area contributed by atoms with Crippen LogP contribution in [0.4, 0.5) is 0 Å². The van der Waals surface area contributed by atoms with Crippen LogP contribution >= 0.6 is 0 Å². The molecule has 14 heteroatoms. The number of aliphatic hydroxyl groups is 2. The van der Waals surface area contributed by atoms with Crippen LogP contribution in [0, 0.1) is 51.4 Å². The number of hydrogen-bond donors (Lipinski definition) is 4. The molecular weight excluding hydrogens is 1310 g/mol. The first-order chi connectivity index (χ1) is 50.4. The molecule has 544 valence electrons. The average molecular weight is 1410 g/mol. The lowest BCUT2D eigenvalue weighted by atomic mass is 9.77. The highest BCUT2D eigenvalue weighted by molar-refractivity contribution is 6.15. The molecule has 0 radical (unpaired) electrons. The van der Waals surface area contributed by atoms with Gasteiger partial charge in [0.25, 0.3) is 0 Å². The lowest BCUT2D eigenvalue weighted by Gasteiger charge is -2.33. The molecule has 4 aromatic carbocycles. The molecule has 8 heterocycles. The van der Waals surface area contributed by atoms with Gasteiger partial charge in [-0.05, 0) is 268 Å². The third kappa shape index (κ3) is 14.8. The van der Waals surface area contributed by atoms with E-state index >= 15 is 0 Å². The van der Waals surface area contributed by atoms with E-state index in [0.29, 0.717) is 35.1 Å². The molecule has 6 aliphatic heterocycles. The first kappa shape index (κ1) is 74.3. The number of allylic oxidation sites excluding steroid dienone is 15. The minimum Gasteiger partial charge on any atom is -0.381 e. The summed E-state index contributed by atoms with van der Waals surface area (Å²) in [4.78, 5) is 85.0. The van der Waals surface area contributed by atoms with Crippen molar-refractivity contribution >= 4 is 78.9 Å². The van der Waals surface area contributed by atoms with Crippen molar-refractivity contribution in [3.63, 3.8) is 0 Å². The van der Waals surface area contributed by atoms with Crippen LogP contribution in [0.5, 0.6) is 0 Å². The van der Waals surface area contributed by atoms with Crippen LogP contribution in [-0.4, -0.2) is 116 Å². The fourth-order valence-corrected chi connectivity index (χ4v) is 16.1. The monoisotopic (exact) mass is 1410 g/mol. The van der Waals surface area contributed by atoms with Crippen LogP contribution in [0.15, 0.2) is 219 Å². The second kappa shape index (κ2) is 29.7. The second-order valence-corrected chi connectivity index (χ2v) is 31.7. The van der Waals surface area contributed by atoms with E-state index < -0.39 is 11.2 Å². The Morgan fingerprint density at radius 1 is 0.453 bits per heavy atom. The predicted octanol–water partition coefficient (Wildman–Crippen LogP) is 14.2. The topological polar surface area (TPSA) is 214 Å². The standard InChI is InChI=1S/2C23H26N2O2.2C23H24N2O/c2*1-13(2)18-11-23(27,15(4)10-21(18)26)12-20-22-17(7-8-24-20)16-6-5-14(3)9-19(16)25-22;2*1-13(2)19-11-16(15(4)10-22(19)26)12-21-23-18(7-8-24-21)17-6-5-14(3)9-20(17)25-23/h5-6,9-11,13,25,27H,7-8,12H2,1-4H3;5-6,9-11,13,22,27H,7-8,12H2,1-4H3;5-6,9-13,25H,7-8H2,1-4H3;5-6,9-13,23H,7-8H2,1-4H3/b;;2*16-12-. The van der Waals surface area contributed by atoms with Gasteiger partial charge in [0.15, 0.2) is 23.1 Å². The number of carbonyl (C=O) groups excluding carboxylic acids is 4. The number of carbonyl (C=O) groups is 4. The van der Waals surface area contributed by atoms with Crippen molar-refractivity contribution in [2.75, 3.05) is 26.2 Å². The SMILES string of the molecule is CC1=CC(=O)C(C(C)C)=C/C1=C/C1=NCCC2=c3ccc(C)cc3=NC12.CC1=CC(=O)C(C(C)C)=C/C1=C/C1=NCCc2c1[nH]c1cc(C)ccc21.CC1=CC(=O)C(C(C)C)=CC1(O)CC1=NCCC2=c3ccc(C)cc3=NC12.CC1=CC(=O)C(C(C)C)=CC1(O)CC1=NCCc2c1[nH]c1cc(C)ccc21. The summed E-state index contributed by atoms with van der Waals surface area (Å²) in [6, 6.07) is 25.9. The minimum absolute atomic E-state index is 0.000431. The number of rotatable bonds is 10. The fourth-order valence-electron chi connectivity index (χ4n) is 16.1. The number of aromatic nitrogens is 2. The fraction of sp³-hybridized carbons (Fsp3) is 0.370. The van der Waals surface area contributed by atoms with Crippen molar-refractivity contribution in [2.45, 2.75) is 173 Å². The van der Waals surface area contributed by atoms with E-state index in [2.05, 4.69) is 150 Å². The van der Waals surface area contributed by atoms with Crippen LogP contribution in [0.25, 0.3) is 33.0 Å². The van der Waals surface area contributed by atoms with Gasteiger partial charge in [-0.2, -0.15) is 0 Å². The van der Waals surface area contributed by atoms with E-state index in [1.54, 1.807) is 36.5 Å². The summed E-state index contributed by atoms with van der Waals surface area (Å²) in [5.74, 6) is 0.839. The molecule has 0 spiro atoms. The number of nitrogens with one attached hydrogen (secondary N) is 2. The van der Waals surface area contributed by atoms with Crippen LogP contribution in [0.1, 0.15) is 154 Å². The highest BCUT2D eigenvalue weighted by Crippen LogP contribution is 2.39. The van der Waals surface area contributed by atoms with Crippen molar-refractivity contribution in [3.05, 3.63) is 255 Å². The Morgan fingerprint density at radius 3 is 1.41 bits per heavy atom. The van der Waals surface area contributed by atoms with Crippen LogP contribution in [0.2, 0.25) is 0 Å². The number of nitrogens with zero attached hydrogens (tertiary/aromatic N) is 6. The van der Waals surface area contributed by atoms with Gasteiger partial charge in [-0.25, -0.2) is 0 Å². The molecule has 4 aliphatic carbocycles. The summed E-state index contributed by atoms with van der Waals surface area (Å²) >= 11 is 0. The summed E-state index contributed by atoms with van der Waals surface area (Å²) < 4.78 is 0. The summed E-state index contributed by atoms with van der Waals surface area (Å²) in [7, 11) is 0. The summed E-state index contributed by atoms with van der Waals surface area (Å²) in [5.41, 5.74) is 24.7. The van der Waals surface area contributed by atoms with Gasteiger partial charge >= 0.3 is 0 Å². The molecule has 0 saturated carbocycles. The molecule has 10 aliphatic rings. The molecule has 16 rings (SSSR count). The van der Waals surface area contributed by atoms with Crippen molar-refractivity contribution < 1.29 is 29.4 Å². The largest absolute Gasteiger partial charge is 0.381 e. The van der Waals surface area contributed by atoms with Gasteiger partial charge in [0.2, 0.25) is 0 Å². The quantitative estimate of drug-likeness (QED) is 0.105. The molecule has 4 N–H and O–H groups in total. The Hall–Kier alpha value is -10.0. The maximum absolute atomic E-state index is 12.3. The lowest BCUT2D eigenvalue weighted by Crippen LogP contribution is -2.39. The van der Waals surface area contributed by atoms with E-state index in [-0.39, 0.29) is 58.9 Å². The summed E-state index contributed by atoms with van der Waals surface area (Å²) in [6.45, 7) is 35.2. The predicted molar refractivity (Wildman–Crippen MR) is 430 cm³/mol. The zero-order chi connectivity index (χ0) is 75.5. The molecule has 14 nitrogen and oxygen atoms in total. The number of hydrogen-bond acceptors (Lipinski definition) is 12. The number of benzene rings is 4. The highest BCUT2D eigenvalue weighted by atomic mass is 16.3. The van der Waals surface area contributed by atoms with Gasteiger partial charge in [-0.3, -0.25) is 49.1 Å². The van der Waals surface area contributed by atoms with Gasteiger partial charge in [-0.1, -0.05) is 104 Å². The Kier molecular flexibility index (Phi) is 20.8. The van der Waals surface area contributed by atoms with Gasteiger partial charge in [-0.15, -0.1) is 0 Å². The Labute approximate surface area is 622 Å². The van der Waals surface area contributed by atoms with Crippen LogP contribution in [0.3, 0.4) is 0 Å². The molecule has 6 aromatic rings. The maximum Gasteiger partial charge on any atom is 0.182 e. The van der Waals surface area contributed by atoms with Crippen molar-refractivity contribution in [2.24, 2.45) is 53.6 Å². The van der Waals surface area contributed by atoms with E-state index in [4.69, 9.17) is 30.0 Å². The molecule has 0 fully saturated rings. The Bertz CT molecular complexity index is 5530. The normalized spacial score (nSPS) is 23.0. The number of ketones is 4. The molecule has 2 aromatic heterocycles. The van der Waals surface area contributed by atoms with E-state index in [0.717, 1.165) is 136 Å². The van der Waals surface area contributed by atoms with Crippen LogP contribution < -0.4 is 21.2 Å². The zero-order valence-electron chi connectivity index (χ0n) is 64.4. The van der Waals surface area contributed by atoms with Crippen molar-refractivity contribution in [1.29, 1.82) is 0 Å². The molecule has 0 bridgehead atoms. The number of aryl methyl sites for hydroxylation is 4. The van der Waals surface area contributed by atoms with E-state index in [1.165, 1.54) is 71.3 Å². The molecule has 106 heavy (non-hydrogen) atoms. The molecule has 0 saturated heterocycles. The molecular formula is C92H100N8O6. The molecule has 4 atom stereocenters. The minimum atomic E-state index is -1.17. The van der Waals surface area contributed by atoms with Crippen LogP contribution in [-0.2, 0) is 32.0 Å². The highest BCUT2D eigenvalue weighted by Gasteiger charge is 2.40. The van der Waals surface area contributed by atoms with Crippen molar-refractivity contribution in [3.8, 4) is 0 Å². The number of aliphatic imine (C=N–C) groups is 4. The van der Waals surface area contributed by atoms with E-state index in [1.807, 2.05) is 67.5 Å². The number of aromatic amines is 2. The van der Waals surface area contributed by atoms with Gasteiger partial charge in [0, 0.05) is 99.3 Å². The number of fused-ring (bicyclic) bond motifs is 10. The average Bonchev–Trinajstić information content (AvgIpc) is 1.37. The van der Waals surface area contributed by atoms with Gasteiger partial charge in [0.1, 0.15) is 23.3 Å². The summed E-state index contributed by atoms with van der Waals surface area (Å²) in [6.07, 6.45) is 23.0. The Morgan fingerprint density at radius 2 is 0.877 bits per heavy atom. The summed E-state index contributed by atoms with van der Waals surface area (Å²) in [5, 5.41) is 29.9. The first-order valence-corrected chi connectivity index (χ1v) is 37.9. The third-order valence-electron chi connectivity index (χ3n) is 22.3. The molecule has 0 amide bonds. The van der Waals surface area contributed by atoms with Gasteiger partial charge < -0.3 is 20.2 Å². The molecule has 4 unspecified atom stereocenters. The maximum atomic E-state index is 12.3. The number of H-pyrrole nitrogens is 2. The lowest BCUT2D eigenvalue weighted by molar-refractivity contribution is -0.113. The Balaban J connectivity index is 0.000000125. The van der Waals surface area contributed by atoms with Gasteiger partial charge in [0.05, 0.1) is 39.2 Å². The van der Waals surface area contributed by atoms with E-state index in [9.17, 15) is 29.4 Å². The third-order valence-corrected chi connectivity index (χ3v) is 22.3. The second-order valence-electron chi connectivity index (χ2n) is 31.7. The first-order valence-electron chi connectivity index (χ1n) is 37.9. The smallest absolute Gasteiger partial charge is 0.182 e. The van der Waals surface area contributed by atoms with Crippen molar-refractivity contribution in [1.82, 2.24) is 9.97 Å².